The van der Waals surface area contributed by atoms with Crippen LogP contribution in [-0.4, -0.2) is 12.1 Å². The van der Waals surface area contributed by atoms with Crippen LogP contribution in [0.5, 0.6) is 0 Å². The van der Waals surface area contributed by atoms with Gasteiger partial charge in [0.2, 0.25) is 0 Å². The first-order valence-corrected chi connectivity index (χ1v) is 6.24. The highest BCUT2D eigenvalue weighted by atomic mass is 35.5. The third-order valence-corrected chi connectivity index (χ3v) is 3.04. The second-order valence-corrected chi connectivity index (χ2v) is 4.56. The molecule has 2 atom stereocenters. The summed E-state index contributed by atoms with van der Waals surface area (Å²) in [5.74, 6) is 0. The lowest BCUT2D eigenvalue weighted by Crippen LogP contribution is -2.22. The van der Waals surface area contributed by atoms with Crippen LogP contribution in [0.1, 0.15) is 37.8 Å². The Morgan fingerprint density at radius 1 is 0.941 bits per heavy atom. The van der Waals surface area contributed by atoms with Crippen LogP contribution in [0.25, 0.3) is 0 Å². The predicted octanol–water partition coefficient (Wildman–Crippen LogP) is 2.67. The zero-order valence-electron chi connectivity index (χ0n) is 10.9. The van der Waals surface area contributed by atoms with Gasteiger partial charge >= 0.3 is 0 Å². The van der Waals surface area contributed by atoms with Gasteiger partial charge in [-0.2, -0.15) is 0 Å². The smallest absolute Gasteiger partial charge is 0.00766 e. The molecule has 0 fully saturated rings. The summed E-state index contributed by atoms with van der Waals surface area (Å²) >= 11 is 0. The van der Waals surface area contributed by atoms with Crippen molar-refractivity contribution in [1.29, 1.82) is 0 Å². The van der Waals surface area contributed by atoms with E-state index >= 15 is 0 Å². The van der Waals surface area contributed by atoms with E-state index in [2.05, 4.69) is 38.1 Å². The minimum Gasteiger partial charge on any atom is -0.327 e. The van der Waals surface area contributed by atoms with E-state index in [1.54, 1.807) is 0 Å². The Balaban J connectivity index is 0.00000256. The molecule has 98 valence electrons. The van der Waals surface area contributed by atoms with Gasteiger partial charge in [-0.05, 0) is 36.8 Å². The van der Waals surface area contributed by atoms with Gasteiger partial charge in [0.05, 0.1) is 0 Å². The number of rotatable bonds is 6. The summed E-state index contributed by atoms with van der Waals surface area (Å²) in [5.41, 5.74) is 14.6. The van der Waals surface area contributed by atoms with Gasteiger partial charge < -0.3 is 11.5 Å². The second kappa shape index (κ2) is 8.51. The summed E-state index contributed by atoms with van der Waals surface area (Å²) in [6, 6.07) is 9.19. The zero-order valence-corrected chi connectivity index (χ0v) is 11.7. The fourth-order valence-corrected chi connectivity index (χ4v) is 1.78. The fourth-order valence-electron chi connectivity index (χ4n) is 1.78. The van der Waals surface area contributed by atoms with Crippen LogP contribution in [0, 0.1) is 0 Å². The maximum atomic E-state index is 5.96. The van der Waals surface area contributed by atoms with E-state index < -0.39 is 0 Å². The minimum atomic E-state index is 0. The lowest BCUT2D eigenvalue weighted by Gasteiger charge is -2.12. The Labute approximate surface area is 111 Å². The van der Waals surface area contributed by atoms with Crippen molar-refractivity contribution in [3.63, 3.8) is 0 Å². The van der Waals surface area contributed by atoms with E-state index in [0.29, 0.717) is 0 Å². The number of hydrogen-bond donors (Lipinski definition) is 2. The van der Waals surface area contributed by atoms with Crippen molar-refractivity contribution in [2.45, 2.75) is 51.6 Å². The maximum absolute atomic E-state index is 5.96. The van der Waals surface area contributed by atoms with Crippen LogP contribution in [0.2, 0.25) is 0 Å². The molecule has 0 amide bonds. The molecule has 4 N–H and O–H groups in total. The third kappa shape index (κ3) is 6.06. The fraction of sp³-hybridized carbons (Fsp3) is 0.571. The summed E-state index contributed by atoms with van der Waals surface area (Å²) in [4.78, 5) is 0. The summed E-state index contributed by atoms with van der Waals surface area (Å²) in [6.45, 7) is 4.25. The monoisotopic (exact) mass is 256 g/mol. The van der Waals surface area contributed by atoms with E-state index in [0.717, 1.165) is 25.7 Å². The predicted molar refractivity (Wildman–Crippen MR) is 77.6 cm³/mol. The largest absolute Gasteiger partial charge is 0.327 e. The molecule has 1 rings (SSSR count). The Morgan fingerprint density at radius 3 is 1.71 bits per heavy atom. The molecule has 0 aliphatic carbocycles. The average molecular weight is 257 g/mol. The Bertz CT molecular complexity index is 288. The number of halogens is 1. The van der Waals surface area contributed by atoms with Crippen molar-refractivity contribution >= 4 is 12.4 Å². The molecule has 0 saturated carbocycles. The van der Waals surface area contributed by atoms with Gasteiger partial charge in [-0.1, -0.05) is 38.1 Å². The van der Waals surface area contributed by atoms with Crippen LogP contribution in [0.4, 0.5) is 0 Å². The standard InChI is InChI=1S/C14H24N2.ClH/c1-3-13(15)9-11-6-5-7-12(8-11)10-14(16)4-2;/h5-8,13-14H,3-4,9-10,15-16H2,1-2H3;1H. The first kappa shape index (κ1) is 16.4. The van der Waals surface area contributed by atoms with Crippen molar-refractivity contribution in [3.05, 3.63) is 35.4 Å². The number of nitrogens with two attached hydrogens (primary N) is 2. The molecule has 2 nitrogen and oxygen atoms in total. The Hall–Kier alpha value is -0.570. The Morgan fingerprint density at radius 2 is 1.35 bits per heavy atom. The molecule has 2 unspecified atom stereocenters. The van der Waals surface area contributed by atoms with Crippen molar-refractivity contribution in [2.24, 2.45) is 11.5 Å². The highest BCUT2D eigenvalue weighted by Gasteiger charge is 2.04. The van der Waals surface area contributed by atoms with E-state index in [-0.39, 0.29) is 24.5 Å². The SMILES string of the molecule is CCC(N)Cc1cccc(CC(N)CC)c1.Cl. The van der Waals surface area contributed by atoms with Gasteiger partial charge in [0.25, 0.3) is 0 Å². The zero-order chi connectivity index (χ0) is 12.0. The first-order chi connectivity index (χ1) is 7.65. The van der Waals surface area contributed by atoms with Gasteiger partial charge in [0.15, 0.2) is 0 Å². The van der Waals surface area contributed by atoms with Crippen molar-refractivity contribution in [3.8, 4) is 0 Å². The maximum Gasteiger partial charge on any atom is 0.00766 e. The molecule has 3 heteroatoms. The minimum absolute atomic E-state index is 0. The van der Waals surface area contributed by atoms with E-state index in [4.69, 9.17) is 11.5 Å². The van der Waals surface area contributed by atoms with Crippen molar-refractivity contribution < 1.29 is 0 Å². The molecule has 0 spiro atoms. The topological polar surface area (TPSA) is 52.0 Å². The third-order valence-electron chi connectivity index (χ3n) is 3.04. The lowest BCUT2D eigenvalue weighted by atomic mass is 9.99. The molecule has 0 radical (unpaired) electrons. The molecule has 1 aromatic rings. The molecule has 0 aliphatic rings. The molecule has 0 saturated heterocycles. The van der Waals surface area contributed by atoms with Gasteiger partial charge in [-0.3, -0.25) is 0 Å². The Kier molecular flexibility index (Phi) is 8.23. The van der Waals surface area contributed by atoms with Crippen LogP contribution in [0.3, 0.4) is 0 Å². The van der Waals surface area contributed by atoms with E-state index in [1.165, 1.54) is 11.1 Å². The molecular formula is C14H25ClN2. The summed E-state index contributed by atoms with van der Waals surface area (Å²) < 4.78 is 0. The van der Waals surface area contributed by atoms with Gasteiger partial charge in [-0.15, -0.1) is 12.4 Å². The summed E-state index contributed by atoms with van der Waals surface area (Å²) in [6.07, 6.45) is 3.98. The molecule has 0 bridgehead atoms. The molecular weight excluding hydrogens is 232 g/mol. The molecule has 0 aliphatic heterocycles. The number of benzene rings is 1. The van der Waals surface area contributed by atoms with Gasteiger partial charge in [-0.25, -0.2) is 0 Å². The van der Waals surface area contributed by atoms with Crippen molar-refractivity contribution in [2.75, 3.05) is 0 Å². The van der Waals surface area contributed by atoms with E-state index in [1.807, 2.05) is 0 Å². The van der Waals surface area contributed by atoms with Gasteiger partial charge in [0, 0.05) is 12.1 Å². The molecule has 1 aromatic carbocycles. The normalized spacial score (nSPS) is 13.9. The van der Waals surface area contributed by atoms with Crippen molar-refractivity contribution in [1.82, 2.24) is 0 Å². The summed E-state index contributed by atoms with van der Waals surface area (Å²) in [7, 11) is 0. The van der Waals surface area contributed by atoms with Crippen LogP contribution in [0.15, 0.2) is 24.3 Å². The molecule has 0 heterocycles. The number of hydrogen-bond acceptors (Lipinski definition) is 2. The highest BCUT2D eigenvalue weighted by Crippen LogP contribution is 2.10. The lowest BCUT2D eigenvalue weighted by molar-refractivity contribution is 0.637. The second-order valence-electron chi connectivity index (χ2n) is 4.56. The van der Waals surface area contributed by atoms with Gasteiger partial charge in [0.1, 0.15) is 0 Å². The highest BCUT2D eigenvalue weighted by molar-refractivity contribution is 5.85. The summed E-state index contributed by atoms with van der Waals surface area (Å²) in [5, 5.41) is 0. The quantitative estimate of drug-likeness (QED) is 0.822. The van der Waals surface area contributed by atoms with E-state index in [9.17, 15) is 0 Å². The molecule has 17 heavy (non-hydrogen) atoms. The first-order valence-electron chi connectivity index (χ1n) is 6.24. The van der Waals surface area contributed by atoms with Crippen LogP contribution >= 0.6 is 12.4 Å². The van der Waals surface area contributed by atoms with Crippen LogP contribution < -0.4 is 11.5 Å². The van der Waals surface area contributed by atoms with Crippen LogP contribution in [-0.2, 0) is 12.8 Å². The molecule has 0 aromatic heterocycles. The average Bonchev–Trinajstić information content (AvgIpc) is 2.29.